The van der Waals surface area contributed by atoms with E-state index in [0.717, 1.165) is 45.3 Å². The van der Waals surface area contributed by atoms with Crippen molar-refractivity contribution in [2.75, 3.05) is 19.6 Å². The first-order valence-electron chi connectivity index (χ1n) is 8.94. The Labute approximate surface area is 142 Å². The van der Waals surface area contributed by atoms with E-state index in [1.807, 2.05) is 12.4 Å². The number of hydrogen-bond donors (Lipinski definition) is 0. The first-order valence-corrected chi connectivity index (χ1v) is 8.94. The van der Waals surface area contributed by atoms with Gasteiger partial charge in [0.1, 0.15) is 6.04 Å². The van der Waals surface area contributed by atoms with Crippen LogP contribution in [0.25, 0.3) is 0 Å². The van der Waals surface area contributed by atoms with Crippen LogP contribution in [0, 0.1) is 0 Å². The number of carbonyl (C=O) groups excluding carboxylic acids is 2. The summed E-state index contributed by atoms with van der Waals surface area (Å²) in [5.41, 5.74) is 1.26. The fourth-order valence-corrected chi connectivity index (χ4v) is 4.37. The molecule has 0 spiro atoms. The van der Waals surface area contributed by atoms with Gasteiger partial charge in [-0.2, -0.15) is 0 Å². The summed E-state index contributed by atoms with van der Waals surface area (Å²) in [6.45, 7) is 4.77. The minimum absolute atomic E-state index is 0.0399. The fourth-order valence-electron chi connectivity index (χ4n) is 4.37. The molecule has 0 N–H and O–H groups in total. The highest BCUT2D eigenvalue weighted by Crippen LogP contribution is 2.32. The minimum Gasteiger partial charge on any atom is -0.312 e. The number of nitrogens with zero attached hydrogens (tertiary/aromatic N) is 4. The Morgan fingerprint density at radius 1 is 1.08 bits per heavy atom. The highest BCUT2D eigenvalue weighted by molar-refractivity contribution is 6.04. The zero-order valence-electron chi connectivity index (χ0n) is 14.1. The van der Waals surface area contributed by atoms with Crippen molar-refractivity contribution < 1.29 is 9.59 Å². The Bertz CT molecular complexity index is 605. The van der Waals surface area contributed by atoms with E-state index in [9.17, 15) is 9.59 Å². The van der Waals surface area contributed by atoms with Crippen molar-refractivity contribution in [3.63, 3.8) is 0 Å². The van der Waals surface area contributed by atoms with Gasteiger partial charge in [0.15, 0.2) is 0 Å². The third-order valence-electron chi connectivity index (χ3n) is 5.83. The molecule has 128 valence electrons. The molecule has 4 rings (SSSR count). The van der Waals surface area contributed by atoms with E-state index in [1.54, 1.807) is 9.80 Å². The summed E-state index contributed by atoms with van der Waals surface area (Å²) in [5.74, 6) is 0.0399. The van der Waals surface area contributed by atoms with Crippen LogP contribution in [-0.4, -0.2) is 63.3 Å². The Kier molecular flexibility index (Phi) is 4.00. The molecule has 0 aliphatic carbocycles. The maximum atomic E-state index is 12.6. The van der Waals surface area contributed by atoms with Crippen molar-refractivity contribution in [2.24, 2.45) is 0 Å². The number of fused-ring (bicyclic) bond motifs is 1. The molecule has 3 aliphatic heterocycles. The van der Waals surface area contributed by atoms with Crippen LogP contribution in [0.1, 0.15) is 44.2 Å². The molecule has 3 aliphatic rings. The lowest BCUT2D eigenvalue weighted by Crippen LogP contribution is -2.48. The summed E-state index contributed by atoms with van der Waals surface area (Å²) >= 11 is 0. The molecule has 4 heterocycles. The summed E-state index contributed by atoms with van der Waals surface area (Å²) < 4.78 is 0. The molecule has 0 bridgehead atoms. The Hall–Kier alpha value is -1.95. The van der Waals surface area contributed by atoms with Crippen LogP contribution >= 0.6 is 0 Å². The molecule has 3 fully saturated rings. The summed E-state index contributed by atoms with van der Waals surface area (Å²) in [4.78, 5) is 35.0. The average Bonchev–Trinajstić information content (AvgIpc) is 3.20. The molecule has 24 heavy (non-hydrogen) atoms. The van der Waals surface area contributed by atoms with Gasteiger partial charge in [0.25, 0.3) is 5.91 Å². The summed E-state index contributed by atoms with van der Waals surface area (Å²) in [6.07, 6.45) is 7.18. The number of pyridine rings is 1. The van der Waals surface area contributed by atoms with Gasteiger partial charge in [0, 0.05) is 44.1 Å². The number of imide groups is 1. The molecular formula is C18H24N4O2. The summed E-state index contributed by atoms with van der Waals surface area (Å²) in [6, 6.07) is 4.28. The summed E-state index contributed by atoms with van der Waals surface area (Å²) in [7, 11) is 0. The van der Waals surface area contributed by atoms with Gasteiger partial charge in [0.2, 0.25) is 0 Å². The number of amides is 3. The largest absolute Gasteiger partial charge is 0.327 e. The zero-order valence-corrected chi connectivity index (χ0v) is 14.1. The molecule has 0 aromatic carbocycles. The molecule has 0 saturated carbocycles. The van der Waals surface area contributed by atoms with Crippen LogP contribution in [0.2, 0.25) is 0 Å². The van der Waals surface area contributed by atoms with Gasteiger partial charge in [-0.1, -0.05) is 0 Å². The van der Waals surface area contributed by atoms with E-state index < -0.39 is 0 Å². The third kappa shape index (κ3) is 2.49. The second-order valence-corrected chi connectivity index (χ2v) is 7.07. The lowest BCUT2D eigenvalue weighted by atomic mass is 9.99. The van der Waals surface area contributed by atoms with Crippen LogP contribution in [0.4, 0.5) is 4.79 Å². The molecule has 0 radical (unpaired) electrons. The maximum Gasteiger partial charge on any atom is 0.327 e. The molecule has 6 nitrogen and oxygen atoms in total. The predicted octanol–water partition coefficient (Wildman–Crippen LogP) is 2.03. The fraction of sp³-hybridized carbons (Fsp3) is 0.611. The van der Waals surface area contributed by atoms with Gasteiger partial charge < -0.3 is 4.90 Å². The van der Waals surface area contributed by atoms with E-state index in [0.29, 0.717) is 6.04 Å². The van der Waals surface area contributed by atoms with Gasteiger partial charge in [-0.15, -0.1) is 0 Å². The van der Waals surface area contributed by atoms with Crippen molar-refractivity contribution in [1.29, 1.82) is 0 Å². The first-order chi connectivity index (χ1) is 11.7. The second kappa shape index (κ2) is 6.16. The molecule has 3 saturated heterocycles. The molecule has 1 aromatic heterocycles. The van der Waals surface area contributed by atoms with Crippen molar-refractivity contribution in [1.82, 2.24) is 19.7 Å². The van der Waals surface area contributed by atoms with Gasteiger partial charge in [0.05, 0.1) is 0 Å². The molecule has 3 amide bonds. The Morgan fingerprint density at radius 2 is 1.79 bits per heavy atom. The van der Waals surface area contributed by atoms with E-state index in [2.05, 4.69) is 28.9 Å². The van der Waals surface area contributed by atoms with Gasteiger partial charge >= 0.3 is 6.03 Å². The number of aromatic nitrogens is 1. The third-order valence-corrected chi connectivity index (χ3v) is 5.83. The van der Waals surface area contributed by atoms with Gasteiger partial charge in [-0.3, -0.25) is 19.6 Å². The quantitative estimate of drug-likeness (QED) is 0.797. The number of carbonyl (C=O) groups is 2. The van der Waals surface area contributed by atoms with Crippen molar-refractivity contribution in [3.8, 4) is 0 Å². The molecule has 6 heteroatoms. The highest BCUT2D eigenvalue weighted by atomic mass is 16.2. The smallest absolute Gasteiger partial charge is 0.312 e. The number of piperidine rings is 1. The van der Waals surface area contributed by atoms with E-state index in [-0.39, 0.29) is 24.0 Å². The van der Waals surface area contributed by atoms with Crippen molar-refractivity contribution in [2.45, 2.75) is 50.7 Å². The lowest BCUT2D eigenvalue weighted by Gasteiger charge is -2.38. The maximum absolute atomic E-state index is 12.6. The van der Waals surface area contributed by atoms with Crippen LogP contribution in [-0.2, 0) is 4.79 Å². The van der Waals surface area contributed by atoms with E-state index >= 15 is 0 Å². The van der Waals surface area contributed by atoms with Crippen LogP contribution in [0.15, 0.2) is 24.5 Å². The number of urea groups is 1. The average molecular weight is 328 g/mol. The topological polar surface area (TPSA) is 56.8 Å². The van der Waals surface area contributed by atoms with Gasteiger partial charge in [-0.05, 0) is 50.3 Å². The Balaban J connectivity index is 1.40. The molecular weight excluding hydrogens is 304 g/mol. The van der Waals surface area contributed by atoms with Crippen LogP contribution in [0.3, 0.4) is 0 Å². The van der Waals surface area contributed by atoms with Crippen LogP contribution in [0.5, 0.6) is 0 Å². The number of hydrogen-bond acceptors (Lipinski definition) is 4. The van der Waals surface area contributed by atoms with Crippen molar-refractivity contribution in [3.05, 3.63) is 30.1 Å². The standard InChI is InChI=1S/C18H24N4O2/c1-13(14-4-8-19-9-5-14)20-11-6-15(7-12-20)22-17(23)16-3-2-10-21(16)18(22)24/h4-5,8-9,13,15-16H,2-3,6-7,10-12H2,1H3/t13-,16-/m0/s1. The number of likely N-dealkylation sites (tertiary alicyclic amines) is 1. The minimum atomic E-state index is -0.175. The van der Waals surface area contributed by atoms with E-state index in [1.165, 1.54) is 5.56 Å². The van der Waals surface area contributed by atoms with Gasteiger partial charge in [-0.25, -0.2) is 4.79 Å². The number of rotatable bonds is 3. The second-order valence-electron chi connectivity index (χ2n) is 7.07. The zero-order chi connectivity index (χ0) is 16.7. The SMILES string of the molecule is C[C@@H](c1ccncc1)N1CCC(N2C(=O)[C@@H]3CCCN3C2=O)CC1. The molecule has 2 atom stereocenters. The normalized spacial score (nSPS) is 27.0. The lowest BCUT2D eigenvalue weighted by molar-refractivity contribution is -0.130. The molecule has 1 aromatic rings. The van der Waals surface area contributed by atoms with Crippen molar-refractivity contribution >= 4 is 11.9 Å². The van der Waals surface area contributed by atoms with E-state index in [4.69, 9.17) is 0 Å². The monoisotopic (exact) mass is 328 g/mol. The highest BCUT2D eigenvalue weighted by Gasteiger charge is 2.50. The van der Waals surface area contributed by atoms with Crippen LogP contribution < -0.4 is 0 Å². The Morgan fingerprint density at radius 3 is 2.46 bits per heavy atom. The predicted molar refractivity (Wildman–Crippen MR) is 89.2 cm³/mol. The summed E-state index contributed by atoms with van der Waals surface area (Å²) in [5, 5.41) is 0. The first kappa shape index (κ1) is 15.6. The molecule has 0 unspecified atom stereocenters.